The second-order valence-electron chi connectivity index (χ2n) is 13.2. The van der Waals surface area contributed by atoms with Crippen LogP contribution in [-0.2, 0) is 0 Å². The van der Waals surface area contributed by atoms with Gasteiger partial charge in [-0.15, -0.1) is 11.8 Å². The minimum atomic E-state index is 0.453. The van der Waals surface area contributed by atoms with Crippen molar-refractivity contribution >= 4 is 34.4 Å². The molecule has 2 heteroatoms. The van der Waals surface area contributed by atoms with E-state index < -0.39 is 0 Å². The Labute approximate surface area is 299 Å². The molecule has 1 heterocycles. The molecule has 0 fully saturated rings. The Bertz CT molecular complexity index is 2280. The van der Waals surface area contributed by atoms with E-state index in [0.29, 0.717) is 11.2 Å². The van der Waals surface area contributed by atoms with E-state index in [1.807, 2.05) is 11.8 Å². The van der Waals surface area contributed by atoms with Gasteiger partial charge in [0.15, 0.2) is 0 Å². The highest BCUT2D eigenvalue weighted by Gasteiger charge is 2.32. The fraction of sp³-hybridized carbons (Fsp3) is 0.0833. The predicted molar refractivity (Wildman–Crippen MR) is 214 cm³/mol. The molecule has 9 rings (SSSR count). The maximum absolute atomic E-state index is 2.42. The molecule has 0 amide bonds. The third-order valence-electron chi connectivity index (χ3n) is 10.1. The summed E-state index contributed by atoms with van der Waals surface area (Å²) in [5.74, 6) is 0.453. The lowest BCUT2D eigenvalue weighted by molar-refractivity contribution is 0.881. The lowest BCUT2D eigenvalue weighted by Crippen LogP contribution is -2.10. The van der Waals surface area contributed by atoms with E-state index in [2.05, 4.69) is 193 Å². The smallest absolute Gasteiger partial charge is 0.0473 e. The van der Waals surface area contributed by atoms with E-state index in [0.717, 1.165) is 29.9 Å². The van der Waals surface area contributed by atoms with Crippen molar-refractivity contribution in [2.24, 2.45) is 0 Å². The molecule has 1 aliphatic heterocycles. The molecule has 0 bridgehead atoms. The van der Waals surface area contributed by atoms with E-state index in [4.69, 9.17) is 0 Å². The molecule has 1 nitrogen and oxygen atoms in total. The van der Waals surface area contributed by atoms with Crippen LogP contribution in [0, 0.1) is 0 Å². The Morgan fingerprint density at radius 3 is 1.84 bits per heavy atom. The summed E-state index contributed by atoms with van der Waals surface area (Å²) in [5.41, 5.74) is 15.0. The highest BCUT2D eigenvalue weighted by atomic mass is 32.2. The minimum Gasteiger partial charge on any atom is -0.310 e. The minimum absolute atomic E-state index is 0.453. The summed E-state index contributed by atoms with van der Waals surface area (Å²) in [7, 11) is 0. The van der Waals surface area contributed by atoms with Crippen LogP contribution < -0.4 is 4.90 Å². The number of rotatable bonds is 7. The number of hydrogen-bond donors (Lipinski definition) is 0. The first kappa shape index (κ1) is 30.5. The molecule has 2 aliphatic carbocycles. The van der Waals surface area contributed by atoms with Crippen molar-refractivity contribution in [1.82, 2.24) is 0 Å². The number of thioether (sulfide) groups is 1. The monoisotopic (exact) mass is 659 g/mol. The number of anilines is 3. The fourth-order valence-electron chi connectivity index (χ4n) is 7.53. The summed E-state index contributed by atoms with van der Waals surface area (Å²) in [6.45, 7) is 0. The maximum atomic E-state index is 2.42. The molecule has 6 aromatic carbocycles. The Balaban J connectivity index is 1.16. The van der Waals surface area contributed by atoms with Crippen molar-refractivity contribution < 1.29 is 0 Å². The van der Waals surface area contributed by atoms with Crippen LogP contribution in [0.2, 0.25) is 0 Å². The van der Waals surface area contributed by atoms with Crippen LogP contribution in [0.25, 0.3) is 39.0 Å². The number of hydrogen-bond acceptors (Lipinski definition) is 2. The van der Waals surface area contributed by atoms with Gasteiger partial charge in [-0.2, -0.15) is 0 Å². The predicted octanol–water partition coefficient (Wildman–Crippen LogP) is 13.6. The van der Waals surface area contributed by atoms with Crippen molar-refractivity contribution in [3.63, 3.8) is 0 Å². The Morgan fingerprint density at radius 2 is 1.14 bits per heavy atom. The molecule has 0 spiro atoms. The summed E-state index contributed by atoms with van der Waals surface area (Å²) in [6.07, 6.45) is 17.9. The summed E-state index contributed by atoms with van der Waals surface area (Å²) >= 11 is 2.00. The van der Waals surface area contributed by atoms with Gasteiger partial charge in [0.25, 0.3) is 0 Å². The van der Waals surface area contributed by atoms with Gasteiger partial charge in [0.1, 0.15) is 0 Å². The highest BCUT2D eigenvalue weighted by molar-refractivity contribution is 8.00. The average molecular weight is 660 g/mol. The summed E-state index contributed by atoms with van der Waals surface area (Å²) in [5, 5.41) is 0.477. The van der Waals surface area contributed by atoms with Crippen molar-refractivity contribution in [2.75, 3.05) is 4.90 Å². The molecule has 50 heavy (non-hydrogen) atoms. The van der Waals surface area contributed by atoms with Gasteiger partial charge in [0.05, 0.1) is 0 Å². The van der Waals surface area contributed by atoms with Crippen LogP contribution in [0.4, 0.5) is 17.1 Å². The normalized spacial score (nSPS) is 17.2. The van der Waals surface area contributed by atoms with Gasteiger partial charge >= 0.3 is 0 Å². The van der Waals surface area contributed by atoms with E-state index in [1.165, 1.54) is 55.0 Å². The van der Waals surface area contributed by atoms with Gasteiger partial charge in [-0.25, -0.2) is 0 Å². The molecule has 0 aromatic heterocycles. The summed E-state index contributed by atoms with van der Waals surface area (Å²) in [6, 6.07) is 53.5. The quantitative estimate of drug-likeness (QED) is 0.168. The van der Waals surface area contributed by atoms with E-state index in [9.17, 15) is 0 Å². The van der Waals surface area contributed by atoms with Crippen molar-refractivity contribution in [2.45, 2.75) is 28.9 Å². The first-order valence-corrected chi connectivity index (χ1v) is 18.4. The standard InChI is InChI=1S/C48H37NS/c1-4-13-34(14-5-1)37-23-27-41(28-24-37)49(43-32-39(35-15-6-2-7-16-35)31-40(33-43)36-17-8-3-9-18-36)42-29-25-38(26-30-42)44-20-12-21-46-45-19-10-11-22-47(45)50-48(44)46/h1-8,10-17,19-33,45,47H,9,18H2. The van der Waals surface area contributed by atoms with Crippen molar-refractivity contribution in [1.29, 1.82) is 0 Å². The molecular weight excluding hydrogens is 623 g/mol. The second-order valence-corrected chi connectivity index (χ2v) is 14.4. The van der Waals surface area contributed by atoms with Crippen LogP contribution in [0.5, 0.6) is 0 Å². The zero-order valence-electron chi connectivity index (χ0n) is 27.8. The molecule has 240 valence electrons. The maximum Gasteiger partial charge on any atom is 0.0473 e. The first-order valence-electron chi connectivity index (χ1n) is 17.6. The first-order chi connectivity index (χ1) is 24.8. The van der Waals surface area contributed by atoms with Crippen molar-refractivity contribution in [3.8, 4) is 33.4 Å². The SMILES string of the molecule is C1=CCCC(c2cc(-c3ccccc3)cc(N(c3ccc(-c4ccccc4)cc3)c3ccc(-c4cccc5c4SC4C=CC=CC54)cc3)c2)=C1. The third kappa shape index (κ3) is 5.87. The number of allylic oxidation sites excluding steroid dienone is 7. The lowest BCUT2D eigenvalue weighted by Gasteiger charge is -2.28. The van der Waals surface area contributed by atoms with E-state index in [1.54, 1.807) is 0 Å². The molecule has 0 N–H and O–H groups in total. The molecular formula is C48H37NS. The van der Waals surface area contributed by atoms with Gasteiger partial charge in [0.2, 0.25) is 0 Å². The number of nitrogens with zero attached hydrogens (tertiary/aromatic N) is 1. The third-order valence-corrected chi connectivity index (χ3v) is 11.5. The van der Waals surface area contributed by atoms with Gasteiger partial charge in [-0.1, -0.05) is 146 Å². The Morgan fingerprint density at radius 1 is 0.500 bits per heavy atom. The molecule has 2 atom stereocenters. The Kier molecular flexibility index (Phi) is 8.16. The van der Waals surface area contributed by atoms with Crippen LogP contribution in [-0.4, -0.2) is 5.25 Å². The molecule has 0 saturated carbocycles. The van der Waals surface area contributed by atoms with Gasteiger partial charge in [-0.05, 0) is 105 Å². The molecule has 2 unspecified atom stereocenters. The Hall–Kier alpha value is -5.57. The largest absolute Gasteiger partial charge is 0.310 e. The number of fused-ring (bicyclic) bond motifs is 3. The zero-order chi connectivity index (χ0) is 33.3. The van der Waals surface area contributed by atoms with Crippen LogP contribution >= 0.6 is 11.8 Å². The number of benzene rings is 6. The molecule has 6 aromatic rings. The highest BCUT2D eigenvalue weighted by Crippen LogP contribution is 2.52. The fourth-order valence-corrected chi connectivity index (χ4v) is 9.01. The van der Waals surface area contributed by atoms with Crippen LogP contribution in [0.3, 0.4) is 0 Å². The average Bonchev–Trinajstić information content (AvgIpc) is 3.59. The van der Waals surface area contributed by atoms with E-state index in [-0.39, 0.29) is 0 Å². The summed E-state index contributed by atoms with van der Waals surface area (Å²) in [4.78, 5) is 3.83. The van der Waals surface area contributed by atoms with Gasteiger partial charge in [-0.3, -0.25) is 0 Å². The summed E-state index contributed by atoms with van der Waals surface area (Å²) < 4.78 is 0. The molecule has 0 radical (unpaired) electrons. The molecule has 3 aliphatic rings. The van der Waals surface area contributed by atoms with Gasteiger partial charge in [0, 0.05) is 33.1 Å². The lowest BCUT2D eigenvalue weighted by atomic mass is 9.90. The van der Waals surface area contributed by atoms with Crippen LogP contribution in [0.1, 0.15) is 29.9 Å². The van der Waals surface area contributed by atoms with Crippen molar-refractivity contribution in [3.05, 3.63) is 199 Å². The topological polar surface area (TPSA) is 3.24 Å². The van der Waals surface area contributed by atoms with Crippen LogP contribution in [0.15, 0.2) is 193 Å². The van der Waals surface area contributed by atoms with Gasteiger partial charge < -0.3 is 4.90 Å². The zero-order valence-corrected chi connectivity index (χ0v) is 28.6. The van der Waals surface area contributed by atoms with E-state index >= 15 is 0 Å². The second kappa shape index (κ2) is 13.4. The molecule has 0 saturated heterocycles.